The molecule has 2 N–H and O–H groups in total. The van der Waals surface area contributed by atoms with Gasteiger partial charge in [-0.1, -0.05) is 18.2 Å². The standard InChI is InChI=1S/C15H20N2O2.ClH/c16-10-11-4-3-8-17(11)15(18)13-7-9-19-14-6-2-1-5-12(13)14;/h1-2,5-6,11,13H,3-4,7-10,16H2;1H. The van der Waals surface area contributed by atoms with Gasteiger partial charge in [0.15, 0.2) is 0 Å². The topological polar surface area (TPSA) is 55.6 Å². The number of hydrogen-bond acceptors (Lipinski definition) is 3. The fraction of sp³-hybridized carbons (Fsp3) is 0.533. The zero-order chi connectivity index (χ0) is 13.2. The molecule has 2 heterocycles. The highest BCUT2D eigenvalue weighted by Crippen LogP contribution is 2.35. The number of nitrogens with two attached hydrogens (primary N) is 1. The molecule has 0 aromatic heterocycles. The van der Waals surface area contributed by atoms with Crippen molar-refractivity contribution in [2.75, 3.05) is 19.7 Å². The maximum absolute atomic E-state index is 12.7. The van der Waals surface area contributed by atoms with Crippen LogP contribution in [0.15, 0.2) is 24.3 Å². The van der Waals surface area contributed by atoms with Crippen LogP contribution in [0.2, 0.25) is 0 Å². The lowest BCUT2D eigenvalue weighted by Crippen LogP contribution is -2.43. The number of likely N-dealkylation sites (tertiary alicyclic amines) is 1. The number of nitrogens with zero attached hydrogens (tertiary/aromatic N) is 1. The normalized spacial score (nSPS) is 24.6. The van der Waals surface area contributed by atoms with E-state index in [1.165, 1.54) is 0 Å². The molecule has 3 rings (SSSR count). The van der Waals surface area contributed by atoms with Gasteiger partial charge >= 0.3 is 0 Å². The molecule has 0 aliphatic carbocycles. The van der Waals surface area contributed by atoms with Crippen molar-refractivity contribution >= 4 is 18.3 Å². The van der Waals surface area contributed by atoms with E-state index in [1.54, 1.807) is 0 Å². The van der Waals surface area contributed by atoms with Crippen LogP contribution >= 0.6 is 12.4 Å². The van der Waals surface area contributed by atoms with E-state index in [1.807, 2.05) is 29.2 Å². The number of rotatable bonds is 2. The van der Waals surface area contributed by atoms with Gasteiger partial charge in [-0.3, -0.25) is 4.79 Å². The zero-order valence-corrected chi connectivity index (χ0v) is 12.3. The smallest absolute Gasteiger partial charge is 0.230 e. The lowest BCUT2D eigenvalue weighted by molar-refractivity contribution is -0.134. The molecule has 4 nitrogen and oxygen atoms in total. The number of para-hydroxylation sites is 1. The predicted octanol–water partition coefficient (Wildman–Crippen LogP) is 1.92. The first-order valence-corrected chi connectivity index (χ1v) is 7.03. The van der Waals surface area contributed by atoms with Crippen LogP contribution in [0.25, 0.3) is 0 Å². The fourth-order valence-corrected chi connectivity index (χ4v) is 3.17. The molecule has 1 saturated heterocycles. The van der Waals surface area contributed by atoms with Crippen LogP contribution in [0.3, 0.4) is 0 Å². The molecule has 0 spiro atoms. The number of fused-ring (bicyclic) bond motifs is 1. The monoisotopic (exact) mass is 296 g/mol. The summed E-state index contributed by atoms with van der Waals surface area (Å²) in [6.07, 6.45) is 2.87. The largest absolute Gasteiger partial charge is 0.493 e. The summed E-state index contributed by atoms with van der Waals surface area (Å²) in [5.41, 5.74) is 6.80. The average Bonchev–Trinajstić information content (AvgIpc) is 2.94. The first kappa shape index (κ1) is 15.1. The summed E-state index contributed by atoms with van der Waals surface area (Å²) in [6.45, 7) is 2.03. The van der Waals surface area contributed by atoms with Crippen LogP contribution in [-0.2, 0) is 4.79 Å². The molecule has 1 aromatic rings. The lowest BCUT2D eigenvalue weighted by Gasteiger charge is -2.31. The van der Waals surface area contributed by atoms with E-state index < -0.39 is 0 Å². The van der Waals surface area contributed by atoms with Gasteiger partial charge in [0.25, 0.3) is 0 Å². The SMILES string of the molecule is Cl.NCC1CCCN1C(=O)C1CCOc2ccccc21. The number of benzene rings is 1. The highest BCUT2D eigenvalue weighted by atomic mass is 35.5. The van der Waals surface area contributed by atoms with E-state index in [-0.39, 0.29) is 30.3 Å². The van der Waals surface area contributed by atoms with Crippen molar-refractivity contribution in [2.45, 2.75) is 31.2 Å². The van der Waals surface area contributed by atoms with Gasteiger partial charge in [-0.05, 0) is 25.3 Å². The van der Waals surface area contributed by atoms with Crippen molar-refractivity contribution in [3.05, 3.63) is 29.8 Å². The predicted molar refractivity (Wildman–Crippen MR) is 80.3 cm³/mol. The molecule has 2 aliphatic heterocycles. The summed E-state index contributed by atoms with van der Waals surface area (Å²) < 4.78 is 5.62. The van der Waals surface area contributed by atoms with Crippen LogP contribution in [-0.4, -0.2) is 36.5 Å². The van der Waals surface area contributed by atoms with Gasteiger partial charge in [0.2, 0.25) is 5.91 Å². The van der Waals surface area contributed by atoms with Crippen LogP contribution in [0.5, 0.6) is 5.75 Å². The molecule has 0 saturated carbocycles. The van der Waals surface area contributed by atoms with Crippen LogP contribution in [0.1, 0.15) is 30.7 Å². The van der Waals surface area contributed by atoms with Gasteiger partial charge < -0.3 is 15.4 Å². The Morgan fingerprint density at radius 1 is 1.35 bits per heavy atom. The first-order chi connectivity index (χ1) is 9.31. The number of ether oxygens (including phenoxy) is 1. The number of hydrogen-bond donors (Lipinski definition) is 1. The zero-order valence-electron chi connectivity index (χ0n) is 11.5. The summed E-state index contributed by atoms with van der Waals surface area (Å²) in [5, 5.41) is 0. The van der Waals surface area contributed by atoms with Crippen molar-refractivity contribution in [1.82, 2.24) is 4.90 Å². The highest BCUT2D eigenvalue weighted by Gasteiger charge is 2.35. The minimum Gasteiger partial charge on any atom is -0.493 e. The molecule has 2 atom stereocenters. The van der Waals surface area contributed by atoms with E-state index in [9.17, 15) is 4.79 Å². The van der Waals surface area contributed by atoms with Gasteiger partial charge in [0.05, 0.1) is 12.5 Å². The third-order valence-corrected chi connectivity index (χ3v) is 4.19. The summed E-state index contributed by atoms with van der Waals surface area (Å²) in [4.78, 5) is 14.7. The number of carbonyl (C=O) groups excluding carboxylic acids is 1. The summed E-state index contributed by atoms with van der Waals surface area (Å²) >= 11 is 0. The Morgan fingerprint density at radius 3 is 2.95 bits per heavy atom. The maximum atomic E-state index is 12.7. The number of amides is 1. The second-order valence-corrected chi connectivity index (χ2v) is 5.29. The Kier molecular flexibility index (Phi) is 4.89. The van der Waals surface area contributed by atoms with Crippen molar-refractivity contribution in [3.8, 4) is 5.75 Å². The van der Waals surface area contributed by atoms with E-state index in [0.717, 1.165) is 37.1 Å². The average molecular weight is 297 g/mol. The number of carbonyl (C=O) groups is 1. The Balaban J connectivity index is 0.00000147. The first-order valence-electron chi connectivity index (χ1n) is 7.03. The van der Waals surface area contributed by atoms with E-state index in [0.29, 0.717) is 13.2 Å². The van der Waals surface area contributed by atoms with Crippen molar-refractivity contribution < 1.29 is 9.53 Å². The Morgan fingerprint density at radius 2 is 2.15 bits per heavy atom. The van der Waals surface area contributed by atoms with Crippen LogP contribution in [0, 0.1) is 0 Å². The van der Waals surface area contributed by atoms with Gasteiger partial charge in [0, 0.05) is 24.7 Å². The molecule has 1 fully saturated rings. The molecule has 0 radical (unpaired) electrons. The Labute approximate surface area is 125 Å². The summed E-state index contributed by atoms with van der Waals surface area (Å²) in [6, 6.07) is 8.09. The van der Waals surface area contributed by atoms with Gasteiger partial charge in [-0.2, -0.15) is 0 Å². The van der Waals surface area contributed by atoms with E-state index in [2.05, 4.69) is 0 Å². The highest BCUT2D eigenvalue weighted by molar-refractivity contribution is 5.85. The molecule has 2 unspecified atom stereocenters. The molecule has 2 aliphatic rings. The van der Waals surface area contributed by atoms with Crippen molar-refractivity contribution in [2.24, 2.45) is 5.73 Å². The van der Waals surface area contributed by atoms with Gasteiger partial charge in [-0.15, -0.1) is 12.4 Å². The second kappa shape index (κ2) is 6.46. The Hall–Kier alpha value is -1.26. The molecule has 5 heteroatoms. The quantitative estimate of drug-likeness (QED) is 0.907. The van der Waals surface area contributed by atoms with E-state index in [4.69, 9.17) is 10.5 Å². The molecule has 1 aromatic carbocycles. The minimum absolute atomic E-state index is 0. The maximum Gasteiger partial charge on any atom is 0.230 e. The fourth-order valence-electron chi connectivity index (χ4n) is 3.17. The third-order valence-electron chi connectivity index (χ3n) is 4.19. The molecular weight excluding hydrogens is 276 g/mol. The lowest BCUT2D eigenvalue weighted by atomic mass is 9.91. The van der Waals surface area contributed by atoms with Crippen molar-refractivity contribution in [3.63, 3.8) is 0 Å². The molecule has 0 bridgehead atoms. The van der Waals surface area contributed by atoms with E-state index >= 15 is 0 Å². The molecular formula is C15H21ClN2O2. The van der Waals surface area contributed by atoms with Crippen LogP contribution < -0.4 is 10.5 Å². The molecule has 20 heavy (non-hydrogen) atoms. The minimum atomic E-state index is -0.0582. The Bertz CT molecular complexity index is 481. The molecule has 110 valence electrons. The van der Waals surface area contributed by atoms with Gasteiger partial charge in [-0.25, -0.2) is 0 Å². The summed E-state index contributed by atoms with van der Waals surface area (Å²) in [5.74, 6) is 1.02. The third kappa shape index (κ3) is 2.63. The molecule has 1 amide bonds. The second-order valence-electron chi connectivity index (χ2n) is 5.29. The summed E-state index contributed by atoms with van der Waals surface area (Å²) in [7, 11) is 0. The van der Waals surface area contributed by atoms with Crippen LogP contribution in [0.4, 0.5) is 0 Å². The van der Waals surface area contributed by atoms with Gasteiger partial charge in [0.1, 0.15) is 5.75 Å². The number of halogens is 1. The van der Waals surface area contributed by atoms with Crippen molar-refractivity contribution in [1.29, 1.82) is 0 Å².